The minimum Gasteiger partial charge on any atom is -0.372 e. The first kappa shape index (κ1) is 19.2. The van der Waals surface area contributed by atoms with Crippen LogP contribution in [0.1, 0.15) is 24.2 Å². The first-order valence-electron chi connectivity index (χ1n) is 9.51. The Balaban J connectivity index is 1.59. The van der Waals surface area contributed by atoms with E-state index in [9.17, 15) is 14.0 Å². The molecule has 2 aromatic carbocycles. The van der Waals surface area contributed by atoms with Gasteiger partial charge in [-0.3, -0.25) is 9.36 Å². The Morgan fingerprint density at radius 3 is 2.62 bits per heavy atom. The van der Waals surface area contributed by atoms with Crippen LogP contribution in [-0.4, -0.2) is 40.8 Å². The molecule has 152 valence electrons. The van der Waals surface area contributed by atoms with Crippen molar-refractivity contribution in [2.24, 2.45) is 7.05 Å². The molecule has 4 rings (SSSR count). The van der Waals surface area contributed by atoms with Crippen LogP contribution in [0.4, 0.5) is 15.8 Å². The number of halogens is 1. The molecule has 2 atom stereocenters. The second-order valence-corrected chi connectivity index (χ2v) is 7.54. The number of nitrogens with one attached hydrogen (secondary N) is 2. The number of amides is 1. The average Bonchev–Trinajstić information content (AvgIpc) is 2.94. The maximum atomic E-state index is 14.2. The van der Waals surface area contributed by atoms with Crippen molar-refractivity contribution < 1.29 is 13.9 Å². The number of imidazole rings is 1. The van der Waals surface area contributed by atoms with Crippen molar-refractivity contribution in [1.82, 2.24) is 9.55 Å². The lowest BCUT2D eigenvalue weighted by molar-refractivity contribution is -0.00523. The number of carbonyl (C=O) groups is 1. The fourth-order valence-corrected chi connectivity index (χ4v) is 3.79. The van der Waals surface area contributed by atoms with Gasteiger partial charge < -0.3 is 19.9 Å². The lowest BCUT2D eigenvalue weighted by atomic mass is 10.1. The number of benzene rings is 2. The lowest BCUT2D eigenvalue weighted by Crippen LogP contribution is -2.45. The predicted octanol–water partition coefficient (Wildman–Crippen LogP) is 2.87. The second-order valence-electron chi connectivity index (χ2n) is 7.54. The normalized spacial score (nSPS) is 19.5. The molecule has 0 bridgehead atoms. The van der Waals surface area contributed by atoms with Gasteiger partial charge in [0, 0.05) is 37.1 Å². The molecule has 0 unspecified atom stereocenters. The minimum absolute atomic E-state index is 0.0415. The summed E-state index contributed by atoms with van der Waals surface area (Å²) in [6.07, 6.45) is 0.0829. The quantitative estimate of drug-likeness (QED) is 0.711. The van der Waals surface area contributed by atoms with Crippen LogP contribution in [0, 0.1) is 5.82 Å². The van der Waals surface area contributed by atoms with Gasteiger partial charge in [-0.15, -0.1) is 0 Å². The first-order valence-corrected chi connectivity index (χ1v) is 9.51. The van der Waals surface area contributed by atoms with E-state index in [4.69, 9.17) is 4.74 Å². The molecule has 2 N–H and O–H groups in total. The van der Waals surface area contributed by atoms with Gasteiger partial charge in [-0.2, -0.15) is 0 Å². The number of rotatable bonds is 3. The largest absolute Gasteiger partial charge is 0.372 e. The van der Waals surface area contributed by atoms with Crippen molar-refractivity contribution >= 4 is 28.3 Å². The Hall–Kier alpha value is -3.13. The van der Waals surface area contributed by atoms with Gasteiger partial charge in [0.15, 0.2) is 0 Å². The van der Waals surface area contributed by atoms with Gasteiger partial charge in [-0.05, 0) is 50.2 Å². The van der Waals surface area contributed by atoms with Gasteiger partial charge in [-0.25, -0.2) is 9.18 Å². The van der Waals surface area contributed by atoms with Crippen molar-refractivity contribution in [2.45, 2.75) is 26.1 Å². The zero-order chi connectivity index (χ0) is 20.7. The standard InChI is InChI=1S/C21H23FN4O3/c1-12-10-26(11-13(2)29-12)17-8-15(22)7-16(9-17)23-20(27)14-4-5-18-19(6-14)25(3)21(28)24-18/h4-9,12-13H,10-11H2,1-3H3,(H,23,27)(H,24,28)/t12-,13+. The van der Waals surface area contributed by atoms with E-state index in [1.165, 1.54) is 16.7 Å². The smallest absolute Gasteiger partial charge is 0.326 e. The Morgan fingerprint density at radius 1 is 1.17 bits per heavy atom. The topological polar surface area (TPSA) is 79.4 Å². The maximum Gasteiger partial charge on any atom is 0.326 e. The monoisotopic (exact) mass is 398 g/mol. The summed E-state index contributed by atoms with van der Waals surface area (Å²) in [5, 5.41) is 2.76. The maximum absolute atomic E-state index is 14.2. The Bertz CT molecular complexity index is 1130. The Labute approximate surface area is 167 Å². The van der Waals surface area contributed by atoms with Gasteiger partial charge in [0.25, 0.3) is 5.91 Å². The summed E-state index contributed by atoms with van der Waals surface area (Å²) in [6.45, 7) is 5.27. The highest BCUT2D eigenvalue weighted by atomic mass is 19.1. The van der Waals surface area contributed by atoms with Crippen LogP contribution in [0.3, 0.4) is 0 Å². The molecule has 0 saturated carbocycles. The molecule has 1 aliphatic rings. The molecular formula is C21H23FN4O3. The van der Waals surface area contributed by atoms with E-state index in [-0.39, 0.29) is 23.8 Å². The van der Waals surface area contributed by atoms with E-state index in [2.05, 4.69) is 15.2 Å². The summed E-state index contributed by atoms with van der Waals surface area (Å²) in [7, 11) is 1.63. The zero-order valence-corrected chi connectivity index (χ0v) is 16.5. The fourth-order valence-electron chi connectivity index (χ4n) is 3.79. The van der Waals surface area contributed by atoms with Gasteiger partial charge in [0.2, 0.25) is 0 Å². The first-order chi connectivity index (χ1) is 13.8. The van der Waals surface area contributed by atoms with Gasteiger partial charge in [0.05, 0.1) is 23.2 Å². The van der Waals surface area contributed by atoms with Crippen LogP contribution in [0.5, 0.6) is 0 Å². The lowest BCUT2D eigenvalue weighted by Gasteiger charge is -2.37. The van der Waals surface area contributed by atoms with Crippen LogP contribution in [0.15, 0.2) is 41.2 Å². The summed E-state index contributed by atoms with van der Waals surface area (Å²) in [6, 6.07) is 9.45. The highest BCUT2D eigenvalue weighted by molar-refractivity contribution is 6.06. The van der Waals surface area contributed by atoms with Crippen LogP contribution in [-0.2, 0) is 11.8 Å². The third-order valence-electron chi connectivity index (χ3n) is 5.09. The van der Waals surface area contributed by atoms with Crippen molar-refractivity contribution in [3.05, 3.63) is 58.3 Å². The van der Waals surface area contributed by atoms with Gasteiger partial charge in [-0.1, -0.05) is 0 Å². The minimum atomic E-state index is -0.423. The van der Waals surface area contributed by atoms with E-state index in [0.29, 0.717) is 41.1 Å². The highest BCUT2D eigenvalue weighted by Crippen LogP contribution is 2.26. The number of aromatic amines is 1. The average molecular weight is 398 g/mol. The number of hydrogen-bond donors (Lipinski definition) is 2. The molecule has 2 heterocycles. The van der Waals surface area contributed by atoms with Crippen LogP contribution in [0.2, 0.25) is 0 Å². The summed E-state index contributed by atoms with van der Waals surface area (Å²) < 4.78 is 21.4. The van der Waals surface area contributed by atoms with Crippen LogP contribution < -0.4 is 15.9 Å². The number of carbonyl (C=O) groups excluding carboxylic acids is 1. The highest BCUT2D eigenvalue weighted by Gasteiger charge is 2.23. The summed E-state index contributed by atoms with van der Waals surface area (Å²) in [5.74, 6) is -0.797. The molecule has 0 spiro atoms. The summed E-state index contributed by atoms with van der Waals surface area (Å²) >= 11 is 0. The molecule has 8 heteroatoms. The van der Waals surface area contributed by atoms with Crippen molar-refractivity contribution in [3.63, 3.8) is 0 Å². The molecule has 7 nitrogen and oxygen atoms in total. The summed E-state index contributed by atoms with van der Waals surface area (Å²) in [5.41, 5.74) is 2.48. The zero-order valence-electron chi connectivity index (χ0n) is 16.5. The van der Waals surface area contributed by atoms with Crippen LogP contribution in [0.25, 0.3) is 11.0 Å². The molecular weight excluding hydrogens is 375 g/mol. The molecule has 0 radical (unpaired) electrons. The molecule has 1 aliphatic heterocycles. The molecule has 29 heavy (non-hydrogen) atoms. The predicted molar refractivity (Wildman–Crippen MR) is 110 cm³/mol. The third kappa shape index (κ3) is 3.88. The van der Waals surface area contributed by atoms with E-state index in [0.717, 1.165) is 0 Å². The molecule has 0 aliphatic carbocycles. The Kier molecular flexibility index (Phi) is 4.87. The number of aryl methyl sites for hydroxylation is 1. The number of H-pyrrole nitrogens is 1. The SMILES string of the molecule is C[C@@H]1CN(c2cc(F)cc(NC(=O)c3ccc4[nH]c(=O)n(C)c4c3)c2)C[C@H](C)O1. The number of fused-ring (bicyclic) bond motifs is 1. The molecule has 1 aromatic heterocycles. The van der Waals surface area contributed by atoms with Gasteiger partial charge >= 0.3 is 5.69 Å². The van der Waals surface area contributed by atoms with E-state index in [1.54, 1.807) is 31.3 Å². The van der Waals surface area contributed by atoms with Crippen molar-refractivity contribution in [3.8, 4) is 0 Å². The number of aromatic nitrogens is 2. The van der Waals surface area contributed by atoms with Crippen molar-refractivity contribution in [2.75, 3.05) is 23.3 Å². The number of anilines is 2. The van der Waals surface area contributed by atoms with E-state index < -0.39 is 5.82 Å². The van der Waals surface area contributed by atoms with Gasteiger partial charge in [0.1, 0.15) is 5.82 Å². The van der Waals surface area contributed by atoms with E-state index in [1.807, 2.05) is 13.8 Å². The molecule has 1 amide bonds. The summed E-state index contributed by atoms with van der Waals surface area (Å²) in [4.78, 5) is 29.2. The molecule has 1 fully saturated rings. The van der Waals surface area contributed by atoms with E-state index >= 15 is 0 Å². The number of nitrogens with zero attached hydrogens (tertiary/aromatic N) is 2. The van der Waals surface area contributed by atoms with Crippen molar-refractivity contribution in [1.29, 1.82) is 0 Å². The number of ether oxygens (including phenoxy) is 1. The third-order valence-corrected chi connectivity index (χ3v) is 5.09. The Morgan fingerprint density at radius 2 is 1.90 bits per heavy atom. The van der Waals surface area contributed by atoms with Crippen LogP contribution >= 0.6 is 0 Å². The second kappa shape index (κ2) is 7.36. The fraction of sp³-hybridized carbons (Fsp3) is 0.333. The molecule has 3 aromatic rings. The number of morpholine rings is 1. The number of hydrogen-bond acceptors (Lipinski definition) is 4. The molecule has 1 saturated heterocycles.